The summed E-state index contributed by atoms with van der Waals surface area (Å²) in [5, 5.41) is 0. The van der Waals surface area contributed by atoms with Crippen molar-refractivity contribution in [1.29, 1.82) is 0 Å². The molecule has 0 saturated carbocycles. The topological polar surface area (TPSA) is 22.1 Å². The van der Waals surface area contributed by atoms with Crippen molar-refractivity contribution >= 4 is 11.6 Å². The Morgan fingerprint density at radius 3 is 2.53 bits per heavy atom. The molecule has 0 amide bonds. The summed E-state index contributed by atoms with van der Waals surface area (Å²) < 4.78 is 5.66. The zero-order chi connectivity index (χ0) is 12.3. The van der Waals surface area contributed by atoms with Gasteiger partial charge >= 0.3 is 0 Å². The lowest BCUT2D eigenvalue weighted by Crippen LogP contribution is -1.90. The first kappa shape index (κ1) is 11.9. The normalized spacial score (nSPS) is 10.3. The van der Waals surface area contributed by atoms with E-state index >= 15 is 0 Å². The predicted molar refractivity (Wildman–Crippen MR) is 69.8 cm³/mol. The Kier molecular flexibility index (Phi) is 3.64. The maximum atomic E-state index is 5.70. The zero-order valence-electron chi connectivity index (χ0n) is 9.90. The Morgan fingerprint density at radius 2 is 1.94 bits per heavy atom. The Hall–Kier alpha value is -1.54. The van der Waals surface area contributed by atoms with Gasteiger partial charge in [-0.1, -0.05) is 12.1 Å². The third kappa shape index (κ3) is 2.98. The van der Waals surface area contributed by atoms with E-state index in [2.05, 4.69) is 18.8 Å². The van der Waals surface area contributed by atoms with Crippen LogP contribution >= 0.6 is 11.6 Å². The standard InChI is InChI=1S/C14H14ClNO/c1-10-3-5-13(7-11(10)2)17-14-6-4-12(8-15)9-16-14/h3-7,9H,8H2,1-2H3. The SMILES string of the molecule is Cc1ccc(Oc2ccc(CCl)cn2)cc1C. The molecule has 0 aliphatic rings. The highest BCUT2D eigenvalue weighted by Gasteiger charge is 2.00. The lowest BCUT2D eigenvalue weighted by atomic mass is 10.1. The van der Waals surface area contributed by atoms with E-state index in [1.54, 1.807) is 6.20 Å². The van der Waals surface area contributed by atoms with Crippen LogP contribution in [0.5, 0.6) is 11.6 Å². The van der Waals surface area contributed by atoms with Crippen molar-refractivity contribution in [1.82, 2.24) is 4.98 Å². The van der Waals surface area contributed by atoms with Gasteiger partial charge in [0.15, 0.2) is 0 Å². The number of alkyl halides is 1. The van der Waals surface area contributed by atoms with Gasteiger partial charge in [-0.05, 0) is 42.7 Å². The third-order valence-corrected chi connectivity index (χ3v) is 2.96. The summed E-state index contributed by atoms with van der Waals surface area (Å²) in [6.45, 7) is 4.14. The van der Waals surface area contributed by atoms with E-state index in [1.165, 1.54) is 11.1 Å². The minimum absolute atomic E-state index is 0.469. The summed E-state index contributed by atoms with van der Waals surface area (Å²) in [4.78, 5) is 4.19. The van der Waals surface area contributed by atoms with E-state index < -0.39 is 0 Å². The number of benzene rings is 1. The Bertz CT molecular complexity index is 508. The number of hydrogen-bond acceptors (Lipinski definition) is 2. The highest BCUT2D eigenvalue weighted by molar-refractivity contribution is 6.17. The molecule has 1 heterocycles. The van der Waals surface area contributed by atoms with Gasteiger partial charge in [0.25, 0.3) is 0 Å². The predicted octanol–water partition coefficient (Wildman–Crippen LogP) is 4.23. The molecule has 0 bridgehead atoms. The van der Waals surface area contributed by atoms with Crippen molar-refractivity contribution in [2.24, 2.45) is 0 Å². The molecular weight excluding hydrogens is 234 g/mol. The van der Waals surface area contributed by atoms with Crippen molar-refractivity contribution in [2.45, 2.75) is 19.7 Å². The van der Waals surface area contributed by atoms with E-state index in [-0.39, 0.29) is 0 Å². The van der Waals surface area contributed by atoms with E-state index in [0.717, 1.165) is 11.3 Å². The first-order chi connectivity index (χ1) is 8.19. The molecule has 0 atom stereocenters. The van der Waals surface area contributed by atoms with Gasteiger partial charge in [-0.2, -0.15) is 0 Å². The molecule has 1 aromatic carbocycles. The van der Waals surface area contributed by atoms with Crippen LogP contribution in [0.4, 0.5) is 0 Å². The summed E-state index contributed by atoms with van der Waals surface area (Å²) in [5.41, 5.74) is 3.45. The summed E-state index contributed by atoms with van der Waals surface area (Å²) >= 11 is 5.70. The quantitative estimate of drug-likeness (QED) is 0.758. The summed E-state index contributed by atoms with van der Waals surface area (Å²) in [6.07, 6.45) is 1.73. The second kappa shape index (κ2) is 5.19. The molecule has 0 fully saturated rings. The zero-order valence-corrected chi connectivity index (χ0v) is 10.7. The second-order valence-electron chi connectivity index (χ2n) is 3.99. The van der Waals surface area contributed by atoms with Crippen LogP contribution in [0.25, 0.3) is 0 Å². The van der Waals surface area contributed by atoms with Gasteiger partial charge in [-0.25, -0.2) is 4.98 Å². The summed E-state index contributed by atoms with van der Waals surface area (Å²) in [6, 6.07) is 9.73. The van der Waals surface area contributed by atoms with Crippen LogP contribution in [0.15, 0.2) is 36.5 Å². The van der Waals surface area contributed by atoms with Crippen LogP contribution in [-0.2, 0) is 5.88 Å². The van der Waals surface area contributed by atoms with Gasteiger partial charge in [-0.3, -0.25) is 0 Å². The van der Waals surface area contributed by atoms with Crippen molar-refractivity contribution in [2.75, 3.05) is 0 Å². The maximum Gasteiger partial charge on any atom is 0.219 e. The largest absolute Gasteiger partial charge is 0.439 e. The van der Waals surface area contributed by atoms with Crippen molar-refractivity contribution in [3.05, 3.63) is 53.2 Å². The molecule has 0 N–H and O–H groups in total. The summed E-state index contributed by atoms with van der Waals surface area (Å²) in [5.74, 6) is 1.86. The number of rotatable bonds is 3. The van der Waals surface area contributed by atoms with E-state index in [9.17, 15) is 0 Å². The molecule has 0 aliphatic carbocycles. The minimum atomic E-state index is 0.469. The maximum absolute atomic E-state index is 5.70. The highest BCUT2D eigenvalue weighted by Crippen LogP contribution is 2.22. The van der Waals surface area contributed by atoms with Crippen molar-refractivity contribution < 1.29 is 4.74 Å². The number of halogens is 1. The van der Waals surface area contributed by atoms with E-state index in [4.69, 9.17) is 16.3 Å². The molecule has 2 rings (SSSR count). The van der Waals surface area contributed by atoms with E-state index in [1.807, 2.05) is 30.3 Å². The third-order valence-electron chi connectivity index (χ3n) is 2.65. The van der Waals surface area contributed by atoms with Crippen molar-refractivity contribution in [3.63, 3.8) is 0 Å². The number of ether oxygens (including phenoxy) is 1. The van der Waals surface area contributed by atoms with Gasteiger partial charge in [-0.15, -0.1) is 11.6 Å². The van der Waals surface area contributed by atoms with Crippen LogP contribution in [-0.4, -0.2) is 4.98 Å². The number of aromatic nitrogens is 1. The fourth-order valence-electron chi connectivity index (χ4n) is 1.45. The van der Waals surface area contributed by atoms with Crippen LogP contribution in [0.3, 0.4) is 0 Å². The highest BCUT2D eigenvalue weighted by atomic mass is 35.5. The Balaban J connectivity index is 2.16. The molecule has 0 unspecified atom stereocenters. The Labute approximate surface area is 106 Å². The molecule has 0 radical (unpaired) electrons. The van der Waals surface area contributed by atoms with Crippen molar-refractivity contribution in [3.8, 4) is 11.6 Å². The van der Waals surface area contributed by atoms with Crippen LogP contribution in [0, 0.1) is 13.8 Å². The molecule has 88 valence electrons. The summed E-state index contributed by atoms with van der Waals surface area (Å²) in [7, 11) is 0. The van der Waals surface area contributed by atoms with Gasteiger partial charge in [0.2, 0.25) is 5.88 Å². The van der Waals surface area contributed by atoms with Gasteiger partial charge < -0.3 is 4.74 Å². The second-order valence-corrected chi connectivity index (χ2v) is 4.25. The van der Waals surface area contributed by atoms with Gasteiger partial charge in [0.1, 0.15) is 5.75 Å². The molecule has 0 saturated heterocycles. The van der Waals surface area contributed by atoms with Gasteiger partial charge in [0.05, 0.1) is 0 Å². The molecule has 17 heavy (non-hydrogen) atoms. The first-order valence-electron chi connectivity index (χ1n) is 5.45. The molecule has 2 nitrogen and oxygen atoms in total. The molecule has 3 heteroatoms. The average Bonchev–Trinajstić information content (AvgIpc) is 2.35. The van der Waals surface area contributed by atoms with Gasteiger partial charge in [0, 0.05) is 18.1 Å². The molecule has 0 spiro atoms. The monoisotopic (exact) mass is 247 g/mol. The molecular formula is C14H14ClNO. The van der Waals surface area contributed by atoms with Crippen LogP contribution in [0.1, 0.15) is 16.7 Å². The average molecular weight is 248 g/mol. The lowest BCUT2D eigenvalue weighted by molar-refractivity contribution is 0.462. The lowest BCUT2D eigenvalue weighted by Gasteiger charge is -2.07. The van der Waals surface area contributed by atoms with Crippen LogP contribution in [0.2, 0.25) is 0 Å². The van der Waals surface area contributed by atoms with Crippen LogP contribution < -0.4 is 4.74 Å². The minimum Gasteiger partial charge on any atom is -0.439 e. The molecule has 1 aromatic heterocycles. The number of nitrogens with zero attached hydrogens (tertiary/aromatic N) is 1. The Morgan fingerprint density at radius 1 is 1.12 bits per heavy atom. The molecule has 0 aliphatic heterocycles. The van der Waals surface area contributed by atoms with E-state index in [0.29, 0.717) is 11.8 Å². The fraction of sp³-hybridized carbons (Fsp3) is 0.214. The smallest absolute Gasteiger partial charge is 0.219 e. The molecule has 2 aromatic rings. The number of pyridine rings is 1. The fourth-order valence-corrected chi connectivity index (χ4v) is 1.61. The number of hydrogen-bond donors (Lipinski definition) is 0. The first-order valence-corrected chi connectivity index (χ1v) is 5.98. The number of aryl methyl sites for hydroxylation is 2.